The molecule has 0 unspecified atom stereocenters. The molecule has 170 valence electrons. The van der Waals surface area contributed by atoms with E-state index < -0.39 is 0 Å². The van der Waals surface area contributed by atoms with Gasteiger partial charge in [0.25, 0.3) is 0 Å². The Balaban J connectivity index is 1.41. The van der Waals surface area contributed by atoms with Crippen LogP contribution in [-0.2, 0) is 6.61 Å². The van der Waals surface area contributed by atoms with Gasteiger partial charge >= 0.3 is 0 Å². The summed E-state index contributed by atoms with van der Waals surface area (Å²) in [4.78, 5) is 15.0. The first-order valence-electron chi connectivity index (χ1n) is 11.2. The predicted molar refractivity (Wildman–Crippen MR) is 130 cm³/mol. The zero-order chi connectivity index (χ0) is 23.0. The number of halogens is 1. The van der Waals surface area contributed by atoms with Crippen LogP contribution in [0.25, 0.3) is 6.08 Å². The van der Waals surface area contributed by atoms with Crippen molar-refractivity contribution in [3.05, 3.63) is 95.3 Å². The molecule has 5 heteroatoms. The summed E-state index contributed by atoms with van der Waals surface area (Å²) in [5.41, 5.74) is 3.55. The second kappa shape index (κ2) is 10.8. The first-order valence-corrected chi connectivity index (χ1v) is 11.2. The second-order valence-corrected chi connectivity index (χ2v) is 8.11. The molecule has 0 N–H and O–H groups in total. The Morgan fingerprint density at radius 1 is 0.970 bits per heavy atom. The van der Waals surface area contributed by atoms with Gasteiger partial charge in [-0.2, -0.15) is 0 Å². The molecule has 0 spiro atoms. The smallest absolute Gasteiger partial charge is 0.185 e. The largest absolute Gasteiger partial charge is 0.496 e. The molecule has 1 heterocycles. The number of rotatable bonds is 8. The van der Waals surface area contributed by atoms with Crippen LogP contribution in [0.5, 0.6) is 11.5 Å². The van der Waals surface area contributed by atoms with Crippen LogP contribution in [0.15, 0.2) is 72.8 Å². The van der Waals surface area contributed by atoms with Crippen molar-refractivity contribution in [1.82, 2.24) is 0 Å². The van der Waals surface area contributed by atoms with E-state index in [0.29, 0.717) is 17.1 Å². The summed E-state index contributed by atoms with van der Waals surface area (Å²) in [6, 6.07) is 19.4. The standard InChI is InChI=1S/C28H28FNO3/c1-32-28-16-6-21(19-23(28)20-33-26-13-9-24(29)10-14-26)5-15-27(31)22-7-11-25(12-8-22)30-17-3-2-4-18-30/h5-16,19H,2-4,17-18,20H2,1H3/b15-5+. The quantitative estimate of drug-likeness (QED) is 0.301. The number of carbonyl (C=O) groups excluding carboxylic acids is 1. The van der Waals surface area contributed by atoms with Gasteiger partial charge in [-0.05, 0) is 91.6 Å². The Morgan fingerprint density at radius 3 is 2.39 bits per heavy atom. The number of carbonyl (C=O) groups is 1. The molecule has 1 aliphatic heterocycles. The molecule has 4 rings (SSSR count). The average molecular weight is 446 g/mol. The zero-order valence-corrected chi connectivity index (χ0v) is 18.8. The van der Waals surface area contributed by atoms with Gasteiger partial charge in [-0.1, -0.05) is 12.1 Å². The minimum absolute atomic E-state index is 0.0416. The lowest BCUT2D eigenvalue weighted by molar-refractivity contribution is 0.104. The summed E-state index contributed by atoms with van der Waals surface area (Å²) >= 11 is 0. The zero-order valence-electron chi connectivity index (χ0n) is 18.8. The summed E-state index contributed by atoms with van der Waals surface area (Å²) in [5, 5.41) is 0. The molecule has 0 aromatic heterocycles. The second-order valence-electron chi connectivity index (χ2n) is 8.11. The van der Waals surface area contributed by atoms with Crippen molar-refractivity contribution in [2.45, 2.75) is 25.9 Å². The lowest BCUT2D eigenvalue weighted by atomic mass is 10.1. The van der Waals surface area contributed by atoms with Gasteiger partial charge in [0.15, 0.2) is 5.78 Å². The Morgan fingerprint density at radius 2 is 1.70 bits per heavy atom. The monoisotopic (exact) mass is 445 g/mol. The molecular weight excluding hydrogens is 417 g/mol. The van der Waals surface area contributed by atoms with Crippen LogP contribution in [0.2, 0.25) is 0 Å². The van der Waals surface area contributed by atoms with Crippen LogP contribution in [0.3, 0.4) is 0 Å². The third kappa shape index (κ3) is 6.01. The van der Waals surface area contributed by atoms with Crippen molar-refractivity contribution in [1.29, 1.82) is 0 Å². The number of ether oxygens (including phenoxy) is 2. The van der Waals surface area contributed by atoms with Gasteiger partial charge in [0.1, 0.15) is 23.9 Å². The Bertz CT molecular complexity index is 1100. The lowest BCUT2D eigenvalue weighted by Gasteiger charge is -2.28. The normalized spacial score (nSPS) is 13.8. The van der Waals surface area contributed by atoms with Gasteiger partial charge in [-0.3, -0.25) is 4.79 Å². The molecule has 0 bridgehead atoms. The number of allylic oxidation sites excluding steroid dienone is 1. The van der Waals surface area contributed by atoms with Crippen molar-refractivity contribution in [2.75, 3.05) is 25.1 Å². The number of methoxy groups -OCH3 is 1. The molecule has 3 aromatic carbocycles. The summed E-state index contributed by atoms with van der Waals surface area (Å²) in [7, 11) is 1.60. The third-order valence-electron chi connectivity index (χ3n) is 5.81. The van der Waals surface area contributed by atoms with E-state index in [1.54, 1.807) is 31.4 Å². The highest BCUT2D eigenvalue weighted by Crippen LogP contribution is 2.24. The van der Waals surface area contributed by atoms with Crippen LogP contribution in [0.1, 0.15) is 40.7 Å². The van der Waals surface area contributed by atoms with Crippen LogP contribution in [0, 0.1) is 5.82 Å². The molecule has 0 amide bonds. The maximum Gasteiger partial charge on any atom is 0.185 e. The molecule has 0 radical (unpaired) electrons. The first kappa shape index (κ1) is 22.6. The predicted octanol–water partition coefficient (Wildman–Crippen LogP) is 6.30. The molecule has 4 nitrogen and oxygen atoms in total. The summed E-state index contributed by atoms with van der Waals surface area (Å²) < 4.78 is 24.3. The maximum absolute atomic E-state index is 13.1. The van der Waals surface area contributed by atoms with E-state index in [-0.39, 0.29) is 18.2 Å². The fraction of sp³-hybridized carbons (Fsp3) is 0.250. The highest BCUT2D eigenvalue weighted by Gasteiger charge is 2.11. The van der Waals surface area contributed by atoms with Crippen molar-refractivity contribution < 1.29 is 18.7 Å². The number of ketones is 1. The van der Waals surface area contributed by atoms with E-state index in [9.17, 15) is 9.18 Å². The Labute approximate surface area is 194 Å². The van der Waals surface area contributed by atoms with Gasteiger partial charge in [0.2, 0.25) is 0 Å². The molecule has 33 heavy (non-hydrogen) atoms. The highest BCUT2D eigenvalue weighted by molar-refractivity contribution is 6.07. The van der Waals surface area contributed by atoms with Crippen molar-refractivity contribution in [3.8, 4) is 11.5 Å². The SMILES string of the molecule is COc1ccc(/C=C/C(=O)c2ccc(N3CCCCC3)cc2)cc1COc1ccc(F)cc1. The minimum atomic E-state index is -0.308. The van der Waals surface area contributed by atoms with E-state index in [1.165, 1.54) is 37.1 Å². The minimum Gasteiger partial charge on any atom is -0.496 e. The number of hydrogen-bond acceptors (Lipinski definition) is 4. The van der Waals surface area contributed by atoms with Gasteiger partial charge < -0.3 is 14.4 Å². The molecule has 1 aliphatic rings. The molecule has 1 fully saturated rings. The number of piperidine rings is 1. The fourth-order valence-electron chi connectivity index (χ4n) is 3.96. The van der Waals surface area contributed by atoms with Crippen LogP contribution in [0.4, 0.5) is 10.1 Å². The van der Waals surface area contributed by atoms with Crippen LogP contribution in [-0.4, -0.2) is 26.0 Å². The molecular formula is C28H28FNO3. The van der Waals surface area contributed by atoms with E-state index >= 15 is 0 Å². The molecule has 0 atom stereocenters. The van der Waals surface area contributed by atoms with Crippen LogP contribution >= 0.6 is 0 Å². The van der Waals surface area contributed by atoms with Gasteiger partial charge in [0, 0.05) is 29.9 Å². The number of nitrogens with zero attached hydrogens (tertiary/aromatic N) is 1. The number of benzene rings is 3. The topological polar surface area (TPSA) is 38.8 Å². The lowest BCUT2D eigenvalue weighted by Crippen LogP contribution is -2.29. The molecule has 0 saturated carbocycles. The van der Waals surface area contributed by atoms with Gasteiger partial charge in [0.05, 0.1) is 7.11 Å². The highest BCUT2D eigenvalue weighted by atomic mass is 19.1. The molecule has 1 saturated heterocycles. The average Bonchev–Trinajstić information content (AvgIpc) is 2.87. The Hall–Kier alpha value is -3.60. The number of anilines is 1. The fourth-order valence-corrected chi connectivity index (χ4v) is 3.96. The maximum atomic E-state index is 13.1. The summed E-state index contributed by atoms with van der Waals surface area (Å²) in [6.07, 6.45) is 7.12. The summed E-state index contributed by atoms with van der Waals surface area (Å²) in [6.45, 7) is 2.43. The van der Waals surface area contributed by atoms with E-state index in [0.717, 1.165) is 24.2 Å². The van der Waals surface area contributed by atoms with E-state index in [4.69, 9.17) is 9.47 Å². The van der Waals surface area contributed by atoms with Crippen LogP contribution < -0.4 is 14.4 Å². The third-order valence-corrected chi connectivity index (χ3v) is 5.81. The summed E-state index contributed by atoms with van der Waals surface area (Å²) in [5.74, 6) is 0.912. The molecule has 3 aromatic rings. The number of hydrogen-bond donors (Lipinski definition) is 0. The Kier molecular flexibility index (Phi) is 7.40. The molecule has 0 aliphatic carbocycles. The van der Waals surface area contributed by atoms with Crippen molar-refractivity contribution in [3.63, 3.8) is 0 Å². The van der Waals surface area contributed by atoms with Gasteiger partial charge in [-0.15, -0.1) is 0 Å². The van der Waals surface area contributed by atoms with E-state index in [1.807, 2.05) is 42.5 Å². The van der Waals surface area contributed by atoms with Gasteiger partial charge in [-0.25, -0.2) is 4.39 Å². The first-order chi connectivity index (χ1) is 16.1. The van der Waals surface area contributed by atoms with Crippen molar-refractivity contribution in [2.24, 2.45) is 0 Å². The van der Waals surface area contributed by atoms with Crippen molar-refractivity contribution >= 4 is 17.5 Å². The van der Waals surface area contributed by atoms with E-state index in [2.05, 4.69) is 4.90 Å².